The Bertz CT molecular complexity index is 696. The second kappa shape index (κ2) is 8.44. The third-order valence-corrected chi connectivity index (χ3v) is 3.76. The molecule has 0 aliphatic carbocycles. The van der Waals surface area contributed by atoms with Crippen molar-refractivity contribution in [1.82, 2.24) is 5.32 Å². The lowest BCUT2D eigenvalue weighted by Crippen LogP contribution is -2.28. The number of carbonyl (C=O) groups excluding carboxylic acids is 1. The standard InChI is InChI=1S/C17H19BrN2O4/c1-22-14-8-13(9-15(23-2)16(14)24-3)20-17(21)19-10-11-5-4-6-12(18)7-11/h4-9H,10H2,1-3H3,(H2,19,20,21). The summed E-state index contributed by atoms with van der Waals surface area (Å²) in [6, 6.07) is 10.7. The lowest BCUT2D eigenvalue weighted by Gasteiger charge is -2.15. The van der Waals surface area contributed by atoms with Crippen LogP contribution in [0.25, 0.3) is 0 Å². The average Bonchev–Trinajstić information content (AvgIpc) is 2.59. The number of ether oxygens (including phenoxy) is 3. The largest absolute Gasteiger partial charge is 0.493 e. The predicted octanol–water partition coefficient (Wildman–Crippen LogP) is 3.80. The van der Waals surface area contributed by atoms with Crippen molar-refractivity contribution < 1.29 is 19.0 Å². The summed E-state index contributed by atoms with van der Waals surface area (Å²) in [7, 11) is 4.57. The number of hydrogen-bond donors (Lipinski definition) is 2. The van der Waals surface area contributed by atoms with Crippen molar-refractivity contribution in [1.29, 1.82) is 0 Å². The summed E-state index contributed by atoms with van der Waals surface area (Å²) < 4.78 is 16.7. The highest BCUT2D eigenvalue weighted by molar-refractivity contribution is 9.10. The van der Waals surface area contributed by atoms with Gasteiger partial charge in [-0.25, -0.2) is 4.79 Å². The zero-order valence-electron chi connectivity index (χ0n) is 13.7. The van der Waals surface area contributed by atoms with E-state index in [2.05, 4.69) is 26.6 Å². The Morgan fingerprint density at radius 2 is 1.71 bits per heavy atom. The van der Waals surface area contributed by atoms with Crippen molar-refractivity contribution in [2.75, 3.05) is 26.6 Å². The fraction of sp³-hybridized carbons (Fsp3) is 0.235. The summed E-state index contributed by atoms with van der Waals surface area (Å²) in [6.07, 6.45) is 0. The number of carbonyl (C=O) groups is 1. The molecule has 2 amide bonds. The quantitative estimate of drug-likeness (QED) is 0.781. The maximum absolute atomic E-state index is 12.1. The van der Waals surface area contributed by atoms with Gasteiger partial charge in [0.2, 0.25) is 5.75 Å². The fourth-order valence-electron chi connectivity index (χ4n) is 2.16. The molecule has 0 heterocycles. The molecule has 6 nitrogen and oxygen atoms in total. The highest BCUT2D eigenvalue weighted by atomic mass is 79.9. The van der Waals surface area contributed by atoms with E-state index in [-0.39, 0.29) is 6.03 Å². The Hall–Kier alpha value is -2.41. The van der Waals surface area contributed by atoms with E-state index >= 15 is 0 Å². The van der Waals surface area contributed by atoms with Gasteiger partial charge in [-0.15, -0.1) is 0 Å². The van der Waals surface area contributed by atoms with E-state index in [1.54, 1.807) is 12.1 Å². The zero-order valence-corrected chi connectivity index (χ0v) is 15.3. The molecular weight excluding hydrogens is 376 g/mol. The van der Waals surface area contributed by atoms with E-state index in [4.69, 9.17) is 14.2 Å². The molecule has 0 aliphatic rings. The van der Waals surface area contributed by atoms with Crippen molar-refractivity contribution in [2.24, 2.45) is 0 Å². The molecular formula is C17H19BrN2O4. The first kappa shape index (κ1) is 17.9. The Labute approximate surface area is 149 Å². The molecule has 2 N–H and O–H groups in total. The van der Waals surface area contributed by atoms with Crippen molar-refractivity contribution in [3.05, 3.63) is 46.4 Å². The van der Waals surface area contributed by atoms with Crippen LogP contribution in [0.5, 0.6) is 17.2 Å². The molecule has 2 aromatic carbocycles. The van der Waals surface area contributed by atoms with Crippen LogP contribution >= 0.6 is 15.9 Å². The summed E-state index contributed by atoms with van der Waals surface area (Å²) >= 11 is 3.40. The molecule has 128 valence electrons. The number of methoxy groups -OCH3 is 3. The molecule has 0 saturated carbocycles. The molecule has 0 fully saturated rings. The molecule has 24 heavy (non-hydrogen) atoms. The molecule has 0 bridgehead atoms. The van der Waals surface area contributed by atoms with Crippen LogP contribution in [-0.2, 0) is 6.54 Å². The van der Waals surface area contributed by atoms with Gasteiger partial charge < -0.3 is 24.8 Å². The van der Waals surface area contributed by atoms with Crippen molar-refractivity contribution in [2.45, 2.75) is 6.54 Å². The molecule has 2 aromatic rings. The number of amides is 2. The lowest BCUT2D eigenvalue weighted by molar-refractivity contribution is 0.251. The summed E-state index contributed by atoms with van der Waals surface area (Å²) in [6.45, 7) is 0.412. The minimum absolute atomic E-state index is 0.329. The molecule has 0 aliphatic heterocycles. The summed E-state index contributed by atoms with van der Waals surface area (Å²) in [5.41, 5.74) is 1.53. The lowest BCUT2D eigenvalue weighted by atomic mass is 10.2. The van der Waals surface area contributed by atoms with Gasteiger partial charge in [0.1, 0.15) is 0 Å². The maximum Gasteiger partial charge on any atom is 0.319 e. The van der Waals surface area contributed by atoms with E-state index in [1.807, 2.05) is 24.3 Å². The molecule has 0 aromatic heterocycles. The highest BCUT2D eigenvalue weighted by Gasteiger charge is 2.14. The van der Waals surface area contributed by atoms with Crippen LogP contribution in [0, 0.1) is 0 Å². The zero-order chi connectivity index (χ0) is 17.5. The minimum Gasteiger partial charge on any atom is -0.493 e. The number of halogens is 1. The predicted molar refractivity (Wildman–Crippen MR) is 96.1 cm³/mol. The number of anilines is 1. The molecule has 0 atom stereocenters. The second-order valence-electron chi connectivity index (χ2n) is 4.85. The fourth-order valence-corrected chi connectivity index (χ4v) is 2.60. The summed E-state index contributed by atoms with van der Waals surface area (Å²) in [5.74, 6) is 1.42. The van der Waals surface area contributed by atoms with Crippen LogP contribution in [0.4, 0.5) is 10.5 Å². The molecule has 7 heteroatoms. The van der Waals surface area contributed by atoms with Crippen molar-refractivity contribution >= 4 is 27.6 Å². The van der Waals surface area contributed by atoms with Gasteiger partial charge in [-0.2, -0.15) is 0 Å². The first-order valence-corrected chi connectivity index (χ1v) is 7.96. The molecule has 0 radical (unpaired) electrons. The van der Waals surface area contributed by atoms with E-state index in [1.165, 1.54) is 21.3 Å². The number of benzene rings is 2. The van der Waals surface area contributed by atoms with Gasteiger partial charge in [-0.3, -0.25) is 0 Å². The topological polar surface area (TPSA) is 68.8 Å². The van der Waals surface area contributed by atoms with Crippen LogP contribution in [0.15, 0.2) is 40.9 Å². The van der Waals surface area contributed by atoms with Gasteiger partial charge in [-0.05, 0) is 17.7 Å². The third kappa shape index (κ3) is 4.55. The normalized spacial score (nSPS) is 10.0. The van der Waals surface area contributed by atoms with Gasteiger partial charge in [0.05, 0.1) is 27.0 Å². The Kier molecular flexibility index (Phi) is 6.31. The molecule has 0 unspecified atom stereocenters. The number of hydrogen-bond acceptors (Lipinski definition) is 4. The summed E-state index contributed by atoms with van der Waals surface area (Å²) in [5, 5.41) is 5.54. The number of nitrogens with one attached hydrogen (secondary N) is 2. The van der Waals surface area contributed by atoms with Gasteiger partial charge >= 0.3 is 6.03 Å². The average molecular weight is 395 g/mol. The van der Waals surface area contributed by atoms with E-state index < -0.39 is 0 Å². The van der Waals surface area contributed by atoms with Gasteiger partial charge in [0.15, 0.2) is 11.5 Å². The van der Waals surface area contributed by atoms with Crippen LogP contribution in [-0.4, -0.2) is 27.4 Å². The maximum atomic E-state index is 12.1. The monoisotopic (exact) mass is 394 g/mol. The first-order valence-electron chi connectivity index (χ1n) is 7.16. The Balaban J connectivity index is 2.05. The van der Waals surface area contributed by atoms with Crippen LogP contribution in [0.3, 0.4) is 0 Å². The van der Waals surface area contributed by atoms with E-state index in [0.717, 1.165) is 10.0 Å². The summed E-state index contributed by atoms with van der Waals surface area (Å²) in [4.78, 5) is 12.1. The third-order valence-electron chi connectivity index (χ3n) is 3.26. The molecule has 0 spiro atoms. The van der Waals surface area contributed by atoms with E-state index in [0.29, 0.717) is 29.5 Å². The molecule has 2 rings (SSSR count). The SMILES string of the molecule is COc1cc(NC(=O)NCc2cccc(Br)c2)cc(OC)c1OC. The van der Waals surface area contributed by atoms with Crippen LogP contribution in [0.1, 0.15) is 5.56 Å². The number of urea groups is 1. The Morgan fingerprint density at radius 1 is 1.04 bits per heavy atom. The second-order valence-corrected chi connectivity index (χ2v) is 5.77. The van der Waals surface area contributed by atoms with Gasteiger partial charge in [-0.1, -0.05) is 28.1 Å². The van der Waals surface area contributed by atoms with Crippen LogP contribution < -0.4 is 24.8 Å². The van der Waals surface area contributed by atoms with Crippen molar-refractivity contribution in [3.63, 3.8) is 0 Å². The van der Waals surface area contributed by atoms with Gasteiger partial charge in [0.25, 0.3) is 0 Å². The Morgan fingerprint density at radius 3 is 2.25 bits per heavy atom. The van der Waals surface area contributed by atoms with Crippen LogP contribution in [0.2, 0.25) is 0 Å². The number of rotatable bonds is 6. The van der Waals surface area contributed by atoms with Gasteiger partial charge in [0, 0.05) is 23.2 Å². The first-order chi connectivity index (χ1) is 11.6. The minimum atomic E-state index is -0.329. The van der Waals surface area contributed by atoms with Crippen molar-refractivity contribution in [3.8, 4) is 17.2 Å². The highest BCUT2D eigenvalue weighted by Crippen LogP contribution is 2.39. The van der Waals surface area contributed by atoms with E-state index in [9.17, 15) is 4.79 Å². The molecule has 0 saturated heterocycles. The smallest absolute Gasteiger partial charge is 0.319 e.